The summed E-state index contributed by atoms with van der Waals surface area (Å²) < 4.78 is 0. The molecule has 0 radical (unpaired) electrons. The molecule has 0 spiro atoms. The van der Waals surface area contributed by atoms with E-state index in [-0.39, 0.29) is 22.3 Å². The number of halogens is 1. The molecule has 4 rings (SSSR count). The molecule has 0 saturated carbocycles. The molecule has 156 valence electrons. The number of benzene rings is 1. The molecule has 1 aliphatic heterocycles. The van der Waals surface area contributed by atoms with Crippen molar-refractivity contribution < 1.29 is 14.4 Å². The first-order valence-corrected chi connectivity index (χ1v) is 9.79. The van der Waals surface area contributed by atoms with Crippen LogP contribution >= 0.6 is 11.6 Å². The van der Waals surface area contributed by atoms with E-state index in [9.17, 15) is 9.59 Å². The van der Waals surface area contributed by atoms with Crippen molar-refractivity contribution in [1.29, 1.82) is 0 Å². The zero-order chi connectivity index (χ0) is 22.2. The second-order valence-corrected chi connectivity index (χ2v) is 7.90. The number of hydrogen-bond donors (Lipinski definition) is 1. The van der Waals surface area contributed by atoms with Crippen molar-refractivity contribution in [3.05, 3.63) is 70.8 Å². The largest absolute Gasteiger partial charge is 0.381 e. The molecular formula is C22H18ClN5O3. The summed E-state index contributed by atoms with van der Waals surface area (Å²) in [6, 6.07) is 7.05. The fourth-order valence-electron chi connectivity index (χ4n) is 3.03. The Morgan fingerprint density at radius 2 is 1.94 bits per heavy atom. The van der Waals surface area contributed by atoms with Gasteiger partial charge in [-0.25, -0.2) is 4.98 Å². The Bertz CT molecular complexity index is 1220. The minimum Gasteiger partial charge on any atom is -0.381 e. The van der Waals surface area contributed by atoms with Gasteiger partial charge in [0.25, 0.3) is 5.91 Å². The SMILES string of the molecule is Cc1ccc(C2=NOC(C)(C)C2=O)cc1-c1cnc(NC(=O)c2ccncc2Cl)cn1. The van der Waals surface area contributed by atoms with Crippen molar-refractivity contribution in [2.45, 2.75) is 26.4 Å². The van der Waals surface area contributed by atoms with Crippen LogP contribution < -0.4 is 5.32 Å². The summed E-state index contributed by atoms with van der Waals surface area (Å²) in [5.41, 5.74) is 2.56. The average Bonchev–Trinajstić information content (AvgIpc) is 3.02. The van der Waals surface area contributed by atoms with Gasteiger partial charge in [-0.1, -0.05) is 28.9 Å². The Kier molecular flexibility index (Phi) is 5.24. The van der Waals surface area contributed by atoms with Crippen molar-refractivity contribution in [2.24, 2.45) is 5.16 Å². The van der Waals surface area contributed by atoms with Crippen LogP contribution in [-0.4, -0.2) is 38.0 Å². The van der Waals surface area contributed by atoms with E-state index in [0.717, 1.165) is 11.1 Å². The van der Waals surface area contributed by atoms with Crippen LogP contribution in [-0.2, 0) is 9.63 Å². The second kappa shape index (κ2) is 7.88. The fourth-order valence-corrected chi connectivity index (χ4v) is 3.24. The lowest BCUT2D eigenvalue weighted by molar-refractivity contribution is -0.128. The number of nitrogens with zero attached hydrogens (tertiary/aromatic N) is 4. The Morgan fingerprint density at radius 1 is 1.13 bits per heavy atom. The molecule has 1 amide bonds. The number of rotatable bonds is 4. The van der Waals surface area contributed by atoms with Crippen molar-refractivity contribution in [2.75, 3.05) is 5.32 Å². The maximum Gasteiger partial charge on any atom is 0.258 e. The molecule has 0 fully saturated rings. The van der Waals surface area contributed by atoms with Gasteiger partial charge < -0.3 is 10.2 Å². The van der Waals surface area contributed by atoms with Gasteiger partial charge in [-0.15, -0.1) is 0 Å². The Labute approximate surface area is 183 Å². The Morgan fingerprint density at radius 3 is 2.58 bits per heavy atom. The number of hydrogen-bond acceptors (Lipinski definition) is 7. The second-order valence-electron chi connectivity index (χ2n) is 7.50. The highest BCUT2D eigenvalue weighted by atomic mass is 35.5. The van der Waals surface area contributed by atoms with Gasteiger partial charge >= 0.3 is 0 Å². The molecule has 31 heavy (non-hydrogen) atoms. The minimum absolute atomic E-state index is 0.179. The first-order chi connectivity index (χ1) is 14.8. The average molecular weight is 436 g/mol. The third-order valence-electron chi connectivity index (χ3n) is 4.82. The van der Waals surface area contributed by atoms with Crippen molar-refractivity contribution in [1.82, 2.24) is 15.0 Å². The maximum absolute atomic E-state index is 12.5. The van der Waals surface area contributed by atoms with E-state index in [2.05, 4.69) is 25.4 Å². The highest BCUT2D eigenvalue weighted by Gasteiger charge is 2.40. The van der Waals surface area contributed by atoms with E-state index in [1.807, 2.05) is 25.1 Å². The van der Waals surface area contributed by atoms with Crippen LogP contribution in [0.4, 0.5) is 5.82 Å². The van der Waals surface area contributed by atoms with Gasteiger partial charge in [0.2, 0.25) is 5.78 Å². The molecule has 1 N–H and O–H groups in total. The van der Waals surface area contributed by atoms with Crippen LogP contribution in [0.25, 0.3) is 11.3 Å². The molecule has 0 bridgehead atoms. The number of nitrogens with one attached hydrogen (secondary N) is 1. The number of carbonyl (C=O) groups is 2. The molecular weight excluding hydrogens is 418 g/mol. The molecule has 1 aromatic carbocycles. The third kappa shape index (κ3) is 4.02. The van der Waals surface area contributed by atoms with Gasteiger partial charge in [0.15, 0.2) is 17.1 Å². The Hall–Kier alpha value is -3.65. The smallest absolute Gasteiger partial charge is 0.258 e. The monoisotopic (exact) mass is 435 g/mol. The van der Waals surface area contributed by atoms with Gasteiger partial charge in [-0.2, -0.15) is 0 Å². The zero-order valence-electron chi connectivity index (χ0n) is 17.0. The molecule has 2 aromatic heterocycles. The first kappa shape index (κ1) is 20.6. The van der Waals surface area contributed by atoms with Gasteiger partial charge in [0, 0.05) is 23.5 Å². The van der Waals surface area contributed by atoms with Crippen molar-refractivity contribution >= 4 is 34.8 Å². The molecule has 9 heteroatoms. The summed E-state index contributed by atoms with van der Waals surface area (Å²) in [4.78, 5) is 42.7. The maximum atomic E-state index is 12.5. The number of ketones is 1. The highest BCUT2D eigenvalue weighted by molar-refractivity contribution is 6.49. The standard InChI is InChI=1S/C22H18ClN5O3/c1-12-4-5-13(19-20(29)22(2,3)31-28-19)8-15(12)17-10-26-18(11-25-17)27-21(30)14-6-7-24-9-16(14)23/h4-11H,1-3H3,(H,26,27,30). The third-order valence-corrected chi connectivity index (χ3v) is 5.13. The molecule has 3 heterocycles. The topological polar surface area (TPSA) is 106 Å². The number of pyridine rings is 1. The van der Waals surface area contributed by atoms with Crippen LogP contribution in [0.1, 0.15) is 35.3 Å². The Balaban J connectivity index is 1.58. The fraction of sp³-hybridized carbons (Fsp3) is 0.182. The van der Waals surface area contributed by atoms with E-state index >= 15 is 0 Å². The number of anilines is 1. The van der Waals surface area contributed by atoms with Crippen LogP contribution in [0.2, 0.25) is 5.02 Å². The predicted octanol–water partition coefficient (Wildman–Crippen LogP) is 3.83. The molecule has 0 saturated heterocycles. The van der Waals surface area contributed by atoms with Crippen molar-refractivity contribution in [3.8, 4) is 11.3 Å². The summed E-state index contributed by atoms with van der Waals surface area (Å²) in [6.07, 6.45) is 5.89. The normalized spacial score (nSPS) is 14.7. The predicted molar refractivity (Wildman–Crippen MR) is 116 cm³/mol. The van der Waals surface area contributed by atoms with E-state index in [1.165, 1.54) is 24.7 Å². The highest BCUT2D eigenvalue weighted by Crippen LogP contribution is 2.27. The van der Waals surface area contributed by atoms with Crippen LogP contribution in [0.3, 0.4) is 0 Å². The van der Waals surface area contributed by atoms with E-state index in [4.69, 9.17) is 16.4 Å². The summed E-state index contributed by atoms with van der Waals surface area (Å²) in [7, 11) is 0. The number of aromatic nitrogens is 3. The number of aryl methyl sites for hydroxylation is 1. The molecule has 0 aliphatic carbocycles. The number of oxime groups is 1. The number of amides is 1. The molecule has 1 aliphatic rings. The molecule has 8 nitrogen and oxygen atoms in total. The van der Waals surface area contributed by atoms with E-state index in [0.29, 0.717) is 16.8 Å². The van der Waals surface area contributed by atoms with Crippen molar-refractivity contribution in [3.63, 3.8) is 0 Å². The molecule has 0 unspecified atom stereocenters. The van der Waals surface area contributed by atoms with Gasteiger partial charge in [-0.05, 0) is 38.5 Å². The lowest BCUT2D eigenvalue weighted by Crippen LogP contribution is -2.33. The molecule has 3 aromatic rings. The van der Waals surface area contributed by atoms with Gasteiger partial charge in [-0.3, -0.25) is 19.6 Å². The lowest BCUT2D eigenvalue weighted by Gasteiger charge is -2.12. The van der Waals surface area contributed by atoms with Gasteiger partial charge in [0.1, 0.15) is 0 Å². The van der Waals surface area contributed by atoms with Crippen LogP contribution in [0, 0.1) is 6.92 Å². The number of carbonyl (C=O) groups excluding carboxylic acids is 2. The lowest BCUT2D eigenvalue weighted by atomic mass is 9.93. The van der Waals surface area contributed by atoms with E-state index < -0.39 is 11.5 Å². The summed E-state index contributed by atoms with van der Waals surface area (Å²) in [5, 5.41) is 6.86. The van der Waals surface area contributed by atoms with Gasteiger partial charge in [0.05, 0.1) is 28.7 Å². The quantitative estimate of drug-likeness (QED) is 0.667. The zero-order valence-corrected chi connectivity index (χ0v) is 17.8. The van der Waals surface area contributed by atoms with E-state index in [1.54, 1.807) is 20.0 Å². The summed E-state index contributed by atoms with van der Waals surface area (Å²) >= 11 is 6.00. The summed E-state index contributed by atoms with van der Waals surface area (Å²) in [6.45, 7) is 5.29. The van der Waals surface area contributed by atoms with Crippen LogP contribution in [0.15, 0.2) is 54.2 Å². The van der Waals surface area contributed by atoms with Crippen LogP contribution in [0.5, 0.6) is 0 Å². The first-order valence-electron chi connectivity index (χ1n) is 9.41. The number of Topliss-reactive ketones (excluding diaryl/α,β-unsaturated/α-hetero) is 1. The molecule has 0 atom stereocenters. The summed E-state index contributed by atoms with van der Waals surface area (Å²) in [5.74, 6) is -0.310. The minimum atomic E-state index is -0.974.